The molecule has 0 aromatic rings. The second-order valence-corrected chi connectivity index (χ2v) is 4.46. The molecule has 0 amide bonds. The molecule has 0 aromatic carbocycles. The zero-order chi connectivity index (χ0) is 11.3. The van der Waals surface area contributed by atoms with Crippen molar-refractivity contribution in [3.8, 4) is 0 Å². The number of rotatable bonds is 4. The molecule has 1 fully saturated rings. The first-order chi connectivity index (χ1) is 7.08. The zero-order valence-corrected chi connectivity index (χ0v) is 9.66. The van der Waals surface area contributed by atoms with Crippen molar-refractivity contribution in [3.05, 3.63) is 0 Å². The Morgan fingerprint density at radius 1 is 1.47 bits per heavy atom. The van der Waals surface area contributed by atoms with Crippen molar-refractivity contribution in [2.24, 2.45) is 5.41 Å². The van der Waals surface area contributed by atoms with Crippen molar-refractivity contribution in [3.63, 3.8) is 0 Å². The number of hydrogen-bond acceptors (Lipinski definition) is 3. The Labute approximate surface area is 91.2 Å². The molecule has 0 bridgehead atoms. The SMILES string of the molecule is CCC(C)(CN1CCCOCC1)C(=O)O. The van der Waals surface area contributed by atoms with Crippen LogP contribution in [0.4, 0.5) is 0 Å². The van der Waals surface area contributed by atoms with E-state index in [1.807, 2.05) is 13.8 Å². The van der Waals surface area contributed by atoms with Gasteiger partial charge in [-0.15, -0.1) is 0 Å². The molecule has 1 rings (SSSR count). The molecule has 1 N–H and O–H groups in total. The van der Waals surface area contributed by atoms with E-state index in [2.05, 4.69) is 4.90 Å². The van der Waals surface area contributed by atoms with Gasteiger partial charge < -0.3 is 9.84 Å². The summed E-state index contributed by atoms with van der Waals surface area (Å²) in [6, 6.07) is 0. The Hall–Kier alpha value is -0.610. The smallest absolute Gasteiger partial charge is 0.310 e. The summed E-state index contributed by atoms with van der Waals surface area (Å²) in [5, 5.41) is 9.18. The molecule has 0 saturated carbocycles. The third-order valence-electron chi connectivity index (χ3n) is 3.18. The van der Waals surface area contributed by atoms with E-state index in [0.717, 1.165) is 32.7 Å². The van der Waals surface area contributed by atoms with E-state index in [1.165, 1.54) is 0 Å². The van der Waals surface area contributed by atoms with E-state index >= 15 is 0 Å². The minimum atomic E-state index is -0.699. The summed E-state index contributed by atoms with van der Waals surface area (Å²) >= 11 is 0. The fourth-order valence-electron chi connectivity index (χ4n) is 1.78. The van der Waals surface area contributed by atoms with Crippen LogP contribution in [0.25, 0.3) is 0 Å². The molecule has 0 aliphatic carbocycles. The van der Waals surface area contributed by atoms with E-state index in [-0.39, 0.29) is 0 Å². The van der Waals surface area contributed by atoms with Gasteiger partial charge in [0.15, 0.2) is 0 Å². The Kier molecular flexibility index (Phi) is 4.54. The summed E-state index contributed by atoms with van der Waals surface area (Å²) < 4.78 is 5.34. The lowest BCUT2D eigenvalue weighted by atomic mass is 9.87. The van der Waals surface area contributed by atoms with Gasteiger partial charge in [-0.1, -0.05) is 6.92 Å². The number of nitrogens with zero attached hydrogens (tertiary/aromatic N) is 1. The molecule has 1 aliphatic rings. The van der Waals surface area contributed by atoms with Crippen LogP contribution in [-0.4, -0.2) is 48.8 Å². The van der Waals surface area contributed by atoms with E-state index in [0.29, 0.717) is 13.0 Å². The Morgan fingerprint density at radius 3 is 2.80 bits per heavy atom. The van der Waals surface area contributed by atoms with Gasteiger partial charge in [0.2, 0.25) is 0 Å². The topological polar surface area (TPSA) is 49.8 Å². The van der Waals surface area contributed by atoms with Gasteiger partial charge in [-0.2, -0.15) is 0 Å². The molecule has 15 heavy (non-hydrogen) atoms. The van der Waals surface area contributed by atoms with Crippen molar-refractivity contribution in [1.29, 1.82) is 0 Å². The molecular formula is C11H21NO3. The van der Waals surface area contributed by atoms with Gasteiger partial charge in [0.05, 0.1) is 12.0 Å². The molecule has 1 unspecified atom stereocenters. The normalized spacial score (nSPS) is 23.1. The van der Waals surface area contributed by atoms with Crippen molar-refractivity contribution < 1.29 is 14.6 Å². The number of carboxylic acids is 1. The Balaban J connectivity index is 2.53. The van der Waals surface area contributed by atoms with Crippen LogP contribution in [0.5, 0.6) is 0 Å². The summed E-state index contributed by atoms with van der Waals surface area (Å²) in [5.74, 6) is -0.699. The van der Waals surface area contributed by atoms with E-state index < -0.39 is 11.4 Å². The number of aliphatic carboxylic acids is 1. The fourth-order valence-corrected chi connectivity index (χ4v) is 1.78. The van der Waals surface area contributed by atoms with Crippen LogP contribution in [0.3, 0.4) is 0 Å². The standard InChI is InChI=1S/C11H21NO3/c1-3-11(2,10(13)14)9-12-5-4-7-15-8-6-12/h3-9H2,1-2H3,(H,13,14). The highest BCUT2D eigenvalue weighted by molar-refractivity contribution is 5.74. The molecule has 1 heterocycles. The van der Waals surface area contributed by atoms with Gasteiger partial charge in [-0.3, -0.25) is 9.69 Å². The molecule has 0 radical (unpaired) electrons. The van der Waals surface area contributed by atoms with Crippen LogP contribution in [0.2, 0.25) is 0 Å². The van der Waals surface area contributed by atoms with Crippen LogP contribution in [0, 0.1) is 5.41 Å². The lowest BCUT2D eigenvalue weighted by Gasteiger charge is -2.30. The predicted molar refractivity (Wildman–Crippen MR) is 57.9 cm³/mol. The summed E-state index contributed by atoms with van der Waals surface area (Å²) in [4.78, 5) is 13.4. The van der Waals surface area contributed by atoms with E-state index in [9.17, 15) is 9.90 Å². The molecule has 4 heteroatoms. The monoisotopic (exact) mass is 215 g/mol. The van der Waals surface area contributed by atoms with E-state index in [4.69, 9.17) is 4.74 Å². The van der Waals surface area contributed by atoms with E-state index in [1.54, 1.807) is 0 Å². The van der Waals surface area contributed by atoms with Gasteiger partial charge >= 0.3 is 5.97 Å². The van der Waals surface area contributed by atoms with Gasteiger partial charge in [0, 0.05) is 26.2 Å². The molecule has 1 aliphatic heterocycles. The first-order valence-corrected chi connectivity index (χ1v) is 5.62. The Morgan fingerprint density at radius 2 is 2.20 bits per heavy atom. The lowest BCUT2D eigenvalue weighted by Crippen LogP contribution is -2.41. The average Bonchev–Trinajstić information content (AvgIpc) is 2.46. The van der Waals surface area contributed by atoms with Crippen LogP contribution in [0.15, 0.2) is 0 Å². The average molecular weight is 215 g/mol. The fraction of sp³-hybridized carbons (Fsp3) is 0.909. The van der Waals surface area contributed by atoms with Crippen LogP contribution < -0.4 is 0 Å². The molecule has 0 aromatic heterocycles. The first-order valence-electron chi connectivity index (χ1n) is 5.62. The third-order valence-corrected chi connectivity index (χ3v) is 3.18. The quantitative estimate of drug-likeness (QED) is 0.766. The maximum absolute atomic E-state index is 11.2. The molecule has 0 spiro atoms. The molecular weight excluding hydrogens is 194 g/mol. The second kappa shape index (κ2) is 5.47. The highest BCUT2D eigenvalue weighted by atomic mass is 16.5. The van der Waals surface area contributed by atoms with Crippen molar-refractivity contribution in [1.82, 2.24) is 4.90 Å². The third kappa shape index (κ3) is 3.47. The number of hydrogen-bond donors (Lipinski definition) is 1. The summed E-state index contributed by atoms with van der Waals surface area (Å²) in [6.45, 7) is 7.70. The van der Waals surface area contributed by atoms with Crippen molar-refractivity contribution in [2.45, 2.75) is 26.7 Å². The molecule has 88 valence electrons. The van der Waals surface area contributed by atoms with Gasteiger partial charge in [-0.05, 0) is 19.8 Å². The van der Waals surface area contributed by atoms with Crippen LogP contribution in [0.1, 0.15) is 26.7 Å². The molecule has 1 atom stereocenters. The van der Waals surface area contributed by atoms with Crippen molar-refractivity contribution in [2.75, 3.05) is 32.8 Å². The number of ether oxygens (including phenoxy) is 1. The van der Waals surface area contributed by atoms with Gasteiger partial charge in [0.1, 0.15) is 0 Å². The van der Waals surface area contributed by atoms with Gasteiger partial charge in [-0.25, -0.2) is 0 Å². The maximum atomic E-state index is 11.2. The second-order valence-electron chi connectivity index (χ2n) is 4.46. The summed E-state index contributed by atoms with van der Waals surface area (Å²) in [5.41, 5.74) is -0.621. The minimum Gasteiger partial charge on any atom is -0.481 e. The lowest BCUT2D eigenvalue weighted by molar-refractivity contribution is -0.149. The molecule has 4 nitrogen and oxygen atoms in total. The predicted octanol–water partition coefficient (Wildman–Crippen LogP) is 1.21. The first kappa shape index (κ1) is 12.5. The number of carboxylic acid groups (broad SMARTS) is 1. The van der Waals surface area contributed by atoms with Gasteiger partial charge in [0.25, 0.3) is 0 Å². The van der Waals surface area contributed by atoms with Crippen LogP contribution in [-0.2, 0) is 9.53 Å². The zero-order valence-electron chi connectivity index (χ0n) is 9.66. The van der Waals surface area contributed by atoms with Crippen molar-refractivity contribution >= 4 is 5.97 Å². The highest BCUT2D eigenvalue weighted by Crippen LogP contribution is 2.23. The highest BCUT2D eigenvalue weighted by Gasteiger charge is 2.33. The maximum Gasteiger partial charge on any atom is 0.310 e. The largest absolute Gasteiger partial charge is 0.481 e. The summed E-state index contributed by atoms with van der Waals surface area (Å²) in [6.07, 6.45) is 1.67. The Bertz CT molecular complexity index is 212. The van der Waals surface area contributed by atoms with Crippen LogP contribution >= 0.6 is 0 Å². The summed E-state index contributed by atoms with van der Waals surface area (Å²) in [7, 11) is 0. The molecule has 1 saturated heterocycles. The minimum absolute atomic E-state index is 0.621. The number of carbonyl (C=O) groups is 1.